The van der Waals surface area contributed by atoms with Gasteiger partial charge in [0.1, 0.15) is 27.3 Å². The van der Waals surface area contributed by atoms with Crippen molar-refractivity contribution >= 4 is 43.8 Å². The number of carbonyl (C=O) groups excluding carboxylic acids is 2. The van der Waals surface area contributed by atoms with Crippen LogP contribution in [0.15, 0.2) is 58.1 Å². The minimum absolute atomic E-state index is 0.0186. The van der Waals surface area contributed by atoms with Crippen LogP contribution in [0.5, 0.6) is 17.2 Å². The number of hydrogen-bond donors (Lipinski definition) is 0. The van der Waals surface area contributed by atoms with Crippen LogP contribution in [0.1, 0.15) is 49.4 Å². The van der Waals surface area contributed by atoms with Gasteiger partial charge in [0.2, 0.25) is 0 Å². The Morgan fingerprint density at radius 2 is 1.75 bits per heavy atom. The van der Waals surface area contributed by atoms with Crippen LogP contribution in [-0.4, -0.2) is 31.8 Å². The van der Waals surface area contributed by atoms with Gasteiger partial charge in [-0.2, -0.15) is 0 Å². The zero-order chi connectivity index (χ0) is 25.7. The van der Waals surface area contributed by atoms with Crippen LogP contribution in [0.2, 0.25) is 0 Å². The second-order valence-electron chi connectivity index (χ2n) is 10.0. The number of esters is 2. The molecule has 2 aromatic carbocycles. The molecule has 1 aliphatic heterocycles. The van der Waals surface area contributed by atoms with Gasteiger partial charge in [0, 0.05) is 33.9 Å². The number of cyclic esters (lactones) is 2. The summed E-state index contributed by atoms with van der Waals surface area (Å²) in [5.74, 6) is 0.866. The number of methoxy groups -OCH3 is 2. The van der Waals surface area contributed by atoms with E-state index in [0.717, 1.165) is 18.4 Å². The average Bonchev–Trinajstić information content (AvgIpc) is 3.12. The summed E-state index contributed by atoms with van der Waals surface area (Å²) in [7, 11) is 3.20. The maximum Gasteiger partial charge on any atom is 0.343 e. The highest BCUT2D eigenvalue weighted by molar-refractivity contribution is 9.10. The van der Waals surface area contributed by atoms with Gasteiger partial charge in [0.25, 0.3) is 0 Å². The molecule has 1 unspecified atom stereocenters. The molecule has 8 heteroatoms. The maximum atomic E-state index is 12.8. The third-order valence-electron chi connectivity index (χ3n) is 7.93. The molecule has 1 heterocycles. The van der Waals surface area contributed by atoms with Crippen molar-refractivity contribution < 1.29 is 28.5 Å². The Bertz CT molecular complexity index is 1240. The number of rotatable bonds is 6. The van der Waals surface area contributed by atoms with Gasteiger partial charge in [-0.15, -0.1) is 0 Å². The zero-order valence-electron chi connectivity index (χ0n) is 20.4. The summed E-state index contributed by atoms with van der Waals surface area (Å²) in [4.78, 5) is 25.5. The van der Waals surface area contributed by atoms with Crippen LogP contribution in [0, 0.1) is 11.3 Å². The van der Waals surface area contributed by atoms with Crippen LogP contribution in [0.3, 0.4) is 0 Å². The first-order valence-corrected chi connectivity index (χ1v) is 13.7. The Balaban J connectivity index is 1.63. The number of carbonyl (C=O) groups is 2. The lowest BCUT2D eigenvalue weighted by Crippen LogP contribution is -2.52. The molecule has 2 aromatic rings. The number of ether oxygens (including phenoxy) is 4. The summed E-state index contributed by atoms with van der Waals surface area (Å²) in [6.45, 7) is 2.06. The first-order chi connectivity index (χ1) is 17.2. The van der Waals surface area contributed by atoms with Crippen molar-refractivity contribution in [1.29, 1.82) is 0 Å². The number of benzene rings is 2. The van der Waals surface area contributed by atoms with E-state index >= 15 is 0 Å². The monoisotopic (exact) mass is 618 g/mol. The maximum absolute atomic E-state index is 12.8. The third kappa shape index (κ3) is 4.16. The summed E-state index contributed by atoms with van der Waals surface area (Å²) in [5.41, 5.74) is 0.981. The fourth-order valence-corrected chi connectivity index (χ4v) is 7.78. The van der Waals surface area contributed by atoms with E-state index in [2.05, 4.69) is 50.9 Å². The lowest BCUT2D eigenvalue weighted by atomic mass is 9.60. The molecule has 3 aliphatic rings. The van der Waals surface area contributed by atoms with Gasteiger partial charge in [-0.1, -0.05) is 53.2 Å². The van der Waals surface area contributed by atoms with Gasteiger partial charge < -0.3 is 18.9 Å². The van der Waals surface area contributed by atoms with Gasteiger partial charge in [0.15, 0.2) is 0 Å². The lowest BCUT2D eigenvalue weighted by molar-refractivity contribution is -0.152. The van der Waals surface area contributed by atoms with Crippen LogP contribution < -0.4 is 14.2 Å². The summed E-state index contributed by atoms with van der Waals surface area (Å²) >= 11 is 7.68. The van der Waals surface area contributed by atoms with E-state index < -0.39 is 23.0 Å². The summed E-state index contributed by atoms with van der Waals surface area (Å²) in [5, 5.41) is 0. The minimum atomic E-state index is -0.679. The van der Waals surface area contributed by atoms with E-state index in [1.165, 1.54) is 0 Å². The van der Waals surface area contributed by atoms with Gasteiger partial charge in [-0.05, 0) is 53.6 Å². The summed E-state index contributed by atoms with van der Waals surface area (Å²) < 4.78 is 23.9. The summed E-state index contributed by atoms with van der Waals surface area (Å²) in [6.07, 6.45) is 3.11. The Morgan fingerprint density at radius 3 is 2.44 bits per heavy atom. The van der Waals surface area contributed by atoms with Crippen molar-refractivity contribution in [3.63, 3.8) is 0 Å². The molecular formula is C28H28Br2O6. The van der Waals surface area contributed by atoms with Crippen molar-refractivity contribution in [2.45, 2.75) is 49.5 Å². The molecule has 4 atom stereocenters. The predicted octanol–water partition coefficient (Wildman–Crippen LogP) is 6.70. The molecule has 190 valence electrons. The normalized spacial score (nSPS) is 28.2. The highest BCUT2D eigenvalue weighted by Crippen LogP contribution is 2.60. The molecule has 1 fully saturated rings. The lowest BCUT2D eigenvalue weighted by Gasteiger charge is -2.51. The molecule has 0 amide bonds. The molecule has 0 saturated heterocycles. The molecule has 1 saturated carbocycles. The zero-order valence-corrected chi connectivity index (χ0v) is 23.6. The fraction of sp³-hybridized carbons (Fsp3) is 0.429. The van der Waals surface area contributed by atoms with Gasteiger partial charge >= 0.3 is 11.9 Å². The number of halogens is 2. The van der Waals surface area contributed by atoms with E-state index in [9.17, 15) is 9.59 Å². The van der Waals surface area contributed by atoms with E-state index in [1.807, 2.05) is 24.3 Å². The molecular weight excluding hydrogens is 592 g/mol. The Morgan fingerprint density at radius 1 is 1.03 bits per heavy atom. The molecule has 6 nitrogen and oxygen atoms in total. The van der Waals surface area contributed by atoms with Crippen molar-refractivity contribution in [1.82, 2.24) is 0 Å². The Hall–Kier alpha value is -2.32. The second-order valence-corrected chi connectivity index (χ2v) is 11.8. The largest absolute Gasteiger partial charge is 0.496 e. The predicted molar refractivity (Wildman–Crippen MR) is 142 cm³/mol. The van der Waals surface area contributed by atoms with E-state index in [4.69, 9.17) is 18.9 Å². The van der Waals surface area contributed by atoms with Gasteiger partial charge in [0.05, 0.1) is 19.8 Å². The topological polar surface area (TPSA) is 71.1 Å². The van der Waals surface area contributed by atoms with Crippen molar-refractivity contribution in [2.24, 2.45) is 11.3 Å². The SMILES string of the molecule is COc1cc(OC)c(Br)c(O[C@@]23CCC4=C(C(=O)OC4=O)[C@@](C)(CC[C@H]2C(Br)c2ccccc2)C3)c1. The average molecular weight is 620 g/mol. The van der Waals surface area contributed by atoms with E-state index in [0.29, 0.717) is 52.1 Å². The molecule has 0 spiro atoms. The standard InChI is InChI=1S/C28H28Br2O6/c1-27-11-10-19(23(29)16-7-5-4-6-8-16)28(15-27,12-9-18-22(27)26(32)35-25(18)31)36-21-14-17(33-2)13-20(34-3)24(21)30/h4-8,13-14,19,23H,9-12,15H2,1-3H3/t19-,23?,27-,28+/m0/s1. The first-order valence-electron chi connectivity index (χ1n) is 12.0. The highest BCUT2D eigenvalue weighted by atomic mass is 79.9. The molecule has 2 bridgehead atoms. The Labute approximate surface area is 227 Å². The number of hydrogen-bond acceptors (Lipinski definition) is 6. The first kappa shape index (κ1) is 25.3. The molecule has 0 aromatic heterocycles. The van der Waals surface area contributed by atoms with Gasteiger partial charge in [-0.25, -0.2) is 9.59 Å². The second kappa shape index (κ2) is 9.53. The van der Waals surface area contributed by atoms with Crippen LogP contribution >= 0.6 is 31.9 Å². The highest BCUT2D eigenvalue weighted by Gasteiger charge is 2.59. The van der Waals surface area contributed by atoms with Crippen molar-refractivity contribution in [3.8, 4) is 17.2 Å². The smallest absolute Gasteiger partial charge is 0.343 e. The molecule has 36 heavy (non-hydrogen) atoms. The number of fused-ring (bicyclic) bond motifs is 3. The van der Waals surface area contributed by atoms with E-state index in [-0.39, 0.29) is 10.7 Å². The Kier molecular flexibility index (Phi) is 6.70. The van der Waals surface area contributed by atoms with Crippen LogP contribution in [0.25, 0.3) is 0 Å². The van der Waals surface area contributed by atoms with E-state index in [1.54, 1.807) is 20.3 Å². The quantitative estimate of drug-likeness (QED) is 0.204. The molecule has 0 radical (unpaired) electrons. The van der Waals surface area contributed by atoms with Crippen molar-refractivity contribution in [3.05, 3.63) is 63.6 Å². The minimum Gasteiger partial charge on any atom is -0.496 e. The van der Waals surface area contributed by atoms with Crippen LogP contribution in [-0.2, 0) is 14.3 Å². The van der Waals surface area contributed by atoms with Crippen LogP contribution in [0.4, 0.5) is 0 Å². The molecule has 2 aliphatic carbocycles. The fourth-order valence-electron chi connectivity index (χ4n) is 6.25. The molecule has 0 N–H and O–H groups in total. The molecule has 5 rings (SSSR count). The van der Waals surface area contributed by atoms with Gasteiger partial charge in [-0.3, -0.25) is 0 Å². The summed E-state index contributed by atoms with van der Waals surface area (Å²) in [6, 6.07) is 13.9. The number of alkyl halides is 1. The van der Waals surface area contributed by atoms with Crippen molar-refractivity contribution in [2.75, 3.05) is 14.2 Å². The third-order valence-corrected chi connectivity index (χ3v) is 9.88.